The molecular weight excluding hydrogens is 250 g/mol. The number of hydrogen-bond acceptors (Lipinski definition) is 3. The van der Waals surface area contributed by atoms with Crippen molar-refractivity contribution in [2.24, 2.45) is 0 Å². The van der Waals surface area contributed by atoms with Crippen LogP contribution in [0.2, 0.25) is 0 Å². The molecule has 1 aliphatic rings. The Kier molecular flexibility index (Phi) is 3.52. The van der Waals surface area contributed by atoms with E-state index in [2.05, 4.69) is 49.7 Å². The second-order valence-corrected chi connectivity index (χ2v) is 6.09. The van der Waals surface area contributed by atoms with Crippen LogP contribution in [0.1, 0.15) is 30.8 Å². The maximum absolute atomic E-state index is 5.77. The number of benzene rings is 1. The van der Waals surface area contributed by atoms with Gasteiger partial charge in [0.2, 0.25) is 0 Å². The summed E-state index contributed by atoms with van der Waals surface area (Å²) in [6.07, 6.45) is 0.597. The molecule has 1 saturated heterocycles. The summed E-state index contributed by atoms with van der Waals surface area (Å²) in [6.45, 7) is 11.3. The maximum atomic E-state index is 5.77. The van der Waals surface area contributed by atoms with Gasteiger partial charge in [0.15, 0.2) is 0 Å². The molecule has 1 aliphatic heterocycles. The van der Waals surface area contributed by atoms with Gasteiger partial charge in [0.05, 0.1) is 29.8 Å². The molecule has 2 unspecified atom stereocenters. The molecule has 0 bridgehead atoms. The van der Waals surface area contributed by atoms with E-state index in [0.29, 0.717) is 12.2 Å². The second-order valence-electron chi connectivity index (χ2n) is 6.09. The first-order chi connectivity index (χ1) is 9.51. The van der Waals surface area contributed by atoms with E-state index in [-0.39, 0.29) is 0 Å². The van der Waals surface area contributed by atoms with Gasteiger partial charge in [0.1, 0.15) is 5.82 Å². The topological polar surface area (TPSA) is 41.2 Å². The van der Waals surface area contributed by atoms with Gasteiger partial charge in [0.25, 0.3) is 0 Å². The maximum Gasteiger partial charge on any atom is 0.121 e. The lowest BCUT2D eigenvalue weighted by Crippen LogP contribution is -2.44. The SMILES string of the molecule is Cc1cc2nc(CN3CC(C)OC(C)C3)[nH]c2cc1C. The number of nitrogens with one attached hydrogen (secondary N) is 1. The number of nitrogens with zero attached hydrogens (tertiary/aromatic N) is 2. The Labute approximate surface area is 120 Å². The molecule has 20 heavy (non-hydrogen) atoms. The van der Waals surface area contributed by atoms with Crippen molar-refractivity contribution in [1.82, 2.24) is 14.9 Å². The molecule has 4 nitrogen and oxygen atoms in total. The monoisotopic (exact) mass is 273 g/mol. The zero-order valence-electron chi connectivity index (χ0n) is 12.7. The van der Waals surface area contributed by atoms with Crippen molar-refractivity contribution in [3.8, 4) is 0 Å². The van der Waals surface area contributed by atoms with Gasteiger partial charge in [-0.3, -0.25) is 4.90 Å². The Morgan fingerprint density at radius 3 is 2.55 bits per heavy atom. The number of aromatic nitrogens is 2. The summed E-state index contributed by atoms with van der Waals surface area (Å²) in [7, 11) is 0. The van der Waals surface area contributed by atoms with Crippen LogP contribution >= 0.6 is 0 Å². The summed E-state index contributed by atoms with van der Waals surface area (Å²) < 4.78 is 5.77. The van der Waals surface area contributed by atoms with Crippen molar-refractivity contribution in [2.45, 2.75) is 46.4 Å². The summed E-state index contributed by atoms with van der Waals surface area (Å²) >= 11 is 0. The highest BCUT2D eigenvalue weighted by atomic mass is 16.5. The van der Waals surface area contributed by atoms with E-state index in [0.717, 1.165) is 36.5 Å². The first-order valence-corrected chi connectivity index (χ1v) is 7.35. The number of H-pyrrole nitrogens is 1. The van der Waals surface area contributed by atoms with Gasteiger partial charge in [-0.2, -0.15) is 0 Å². The molecule has 4 heteroatoms. The van der Waals surface area contributed by atoms with Gasteiger partial charge in [-0.25, -0.2) is 4.98 Å². The molecule has 1 aromatic heterocycles. The van der Waals surface area contributed by atoms with E-state index in [4.69, 9.17) is 9.72 Å². The Morgan fingerprint density at radius 2 is 1.85 bits per heavy atom. The number of ether oxygens (including phenoxy) is 1. The fourth-order valence-electron chi connectivity index (χ4n) is 3.02. The fraction of sp³-hybridized carbons (Fsp3) is 0.562. The third kappa shape index (κ3) is 2.72. The first-order valence-electron chi connectivity index (χ1n) is 7.35. The molecule has 0 saturated carbocycles. The van der Waals surface area contributed by atoms with Crippen LogP contribution in [0.25, 0.3) is 11.0 Å². The van der Waals surface area contributed by atoms with Gasteiger partial charge in [-0.05, 0) is 51.0 Å². The molecule has 1 aromatic carbocycles. The van der Waals surface area contributed by atoms with Crippen molar-refractivity contribution in [3.05, 3.63) is 29.1 Å². The number of imidazole rings is 1. The van der Waals surface area contributed by atoms with Gasteiger partial charge in [-0.15, -0.1) is 0 Å². The fourth-order valence-corrected chi connectivity index (χ4v) is 3.02. The first kappa shape index (κ1) is 13.6. The Balaban J connectivity index is 1.80. The lowest BCUT2D eigenvalue weighted by molar-refractivity contribution is -0.0710. The molecule has 108 valence electrons. The highest BCUT2D eigenvalue weighted by Gasteiger charge is 2.22. The Bertz CT molecular complexity index is 570. The van der Waals surface area contributed by atoms with Crippen molar-refractivity contribution < 1.29 is 4.74 Å². The van der Waals surface area contributed by atoms with Crippen molar-refractivity contribution in [1.29, 1.82) is 0 Å². The normalized spacial score (nSPS) is 24.4. The van der Waals surface area contributed by atoms with E-state index >= 15 is 0 Å². The molecule has 0 amide bonds. The number of aromatic amines is 1. The summed E-state index contributed by atoms with van der Waals surface area (Å²) in [5.41, 5.74) is 4.81. The molecule has 2 heterocycles. The van der Waals surface area contributed by atoms with E-state index < -0.39 is 0 Å². The van der Waals surface area contributed by atoms with Crippen LogP contribution in [-0.2, 0) is 11.3 Å². The molecule has 3 rings (SSSR count). The molecule has 2 atom stereocenters. The number of aryl methyl sites for hydroxylation is 2. The van der Waals surface area contributed by atoms with Gasteiger partial charge >= 0.3 is 0 Å². The minimum Gasteiger partial charge on any atom is -0.373 e. The average molecular weight is 273 g/mol. The summed E-state index contributed by atoms with van der Waals surface area (Å²) in [5, 5.41) is 0. The summed E-state index contributed by atoms with van der Waals surface area (Å²) in [5.74, 6) is 1.05. The van der Waals surface area contributed by atoms with Gasteiger partial charge in [-0.1, -0.05) is 0 Å². The highest BCUT2D eigenvalue weighted by Crippen LogP contribution is 2.19. The van der Waals surface area contributed by atoms with Crippen LogP contribution in [0.5, 0.6) is 0 Å². The van der Waals surface area contributed by atoms with Crippen LogP contribution < -0.4 is 0 Å². The van der Waals surface area contributed by atoms with E-state index in [1.165, 1.54) is 11.1 Å². The third-order valence-electron chi connectivity index (χ3n) is 4.02. The van der Waals surface area contributed by atoms with Gasteiger partial charge < -0.3 is 9.72 Å². The van der Waals surface area contributed by atoms with Crippen LogP contribution in [0, 0.1) is 13.8 Å². The Morgan fingerprint density at radius 1 is 1.20 bits per heavy atom. The molecule has 0 aliphatic carbocycles. The lowest BCUT2D eigenvalue weighted by atomic mass is 10.1. The zero-order chi connectivity index (χ0) is 14.3. The molecule has 0 radical (unpaired) electrons. The Hall–Kier alpha value is -1.39. The van der Waals surface area contributed by atoms with E-state index in [1.54, 1.807) is 0 Å². The van der Waals surface area contributed by atoms with E-state index in [9.17, 15) is 0 Å². The number of rotatable bonds is 2. The van der Waals surface area contributed by atoms with Crippen LogP contribution in [-0.4, -0.2) is 40.2 Å². The average Bonchev–Trinajstić information content (AvgIpc) is 2.69. The third-order valence-corrected chi connectivity index (χ3v) is 4.02. The highest BCUT2D eigenvalue weighted by molar-refractivity contribution is 5.77. The van der Waals surface area contributed by atoms with Crippen LogP contribution in [0.15, 0.2) is 12.1 Å². The molecule has 1 fully saturated rings. The molecule has 1 N–H and O–H groups in total. The summed E-state index contributed by atoms with van der Waals surface area (Å²) in [4.78, 5) is 10.6. The van der Waals surface area contributed by atoms with Crippen molar-refractivity contribution in [3.63, 3.8) is 0 Å². The number of fused-ring (bicyclic) bond motifs is 1. The van der Waals surface area contributed by atoms with Crippen molar-refractivity contribution >= 4 is 11.0 Å². The summed E-state index contributed by atoms with van der Waals surface area (Å²) in [6, 6.07) is 4.35. The standard InChI is InChI=1S/C16H23N3O/c1-10-5-14-15(6-11(10)2)18-16(17-14)9-19-7-12(3)20-13(4)8-19/h5-6,12-13H,7-9H2,1-4H3,(H,17,18). The zero-order valence-corrected chi connectivity index (χ0v) is 12.7. The lowest BCUT2D eigenvalue weighted by Gasteiger charge is -2.34. The second kappa shape index (κ2) is 5.19. The van der Waals surface area contributed by atoms with Crippen molar-refractivity contribution in [2.75, 3.05) is 13.1 Å². The van der Waals surface area contributed by atoms with Crippen LogP contribution in [0.4, 0.5) is 0 Å². The van der Waals surface area contributed by atoms with E-state index in [1.807, 2.05) is 0 Å². The number of hydrogen-bond donors (Lipinski definition) is 1. The molecule has 0 spiro atoms. The number of morpholine rings is 1. The predicted molar refractivity (Wildman–Crippen MR) is 80.9 cm³/mol. The smallest absolute Gasteiger partial charge is 0.121 e. The minimum absolute atomic E-state index is 0.299. The molecular formula is C16H23N3O. The van der Waals surface area contributed by atoms with Crippen LogP contribution in [0.3, 0.4) is 0 Å². The molecule has 2 aromatic rings. The van der Waals surface area contributed by atoms with Gasteiger partial charge in [0, 0.05) is 13.1 Å². The predicted octanol–water partition coefficient (Wildman–Crippen LogP) is 2.79. The largest absolute Gasteiger partial charge is 0.373 e. The quantitative estimate of drug-likeness (QED) is 0.914. The minimum atomic E-state index is 0.299.